The Labute approximate surface area is 232 Å². The molecule has 198 valence electrons. The molecule has 0 amide bonds. The maximum Gasteiger partial charge on any atom is 0 e. The zero-order valence-electron chi connectivity index (χ0n) is 20.9. The van der Waals surface area contributed by atoms with Crippen LogP contribution in [0.1, 0.15) is 67.7 Å². The van der Waals surface area contributed by atoms with Gasteiger partial charge >= 0.3 is 67.8 Å². The fourth-order valence-electron chi connectivity index (χ4n) is 3.91. The number of ketones is 1. The van der Waals surface area contributed by atoms with Gasteiger partial charge in [0.05, 0.1) is 0 Å². The Hall–Kier alpha value is -1.14. The Morgan fingerprint density at radius 3 is 1.37 bits per heavy atom. The van der Waals surface area contributed by atoms with Crippen molar-refractivity contribution in [2.45, 2.75) is 90.5 Å². The van der Waals surface area contributed by atoms with Gasteiger partial charge in [0.1, 0.15) is 0 Å². The molecule has 1 aliphatic carbocycles. The summed E-state index contributed by atoms with van der Waals surface area (Å²) in [5.74, 6) is 6.24. The molecule has 0 bridgehead atoms. The molecule has 0 saturated heterocycles. The predicted molar refractivity (Wildman–Crippen MR) is 115 cm³/mol. The largest absolute Gasteiger partial charge is 0 e. The summed E-state index contributed by atoms with van der Waals surface area (Å²) in [5, 5.41) is 0. The van der Waals surface area contributed by atoms with E-state index in [2.05, 4.69) is 100 Å². The Kier molecular flexibility index (Phi) is 62.6. The minimum atomic E-state index is -1.88. The molecule has 0 aromatic carbocycles. The first-order valence-electron chi connectivity index (χ1n) is 9.63. The molecule has 1 rings (SSSR count). The number of hydrogen-bond donors (Lipinski definition) is 0. The van der Waals surface area contributed by atoms with Crippen LogP contribution in [0.25, 0.3) is 0 Å². The summed E-state index contributed by atoms with van der Waals surface area (Å²) in [7, 11) is -1.88. The smallest absolute Gasteiger partial charge is 0 e. The van der Waals surface area contributed by atoms with Crippen LogP contribution in [0.5, 0.6) is 0 Å². The number of Topliss-reactive ketones (excluding diaryl/α,β-unsaturated/α-hetero) is 1. The zero-order valence-corrected chi connectivity index (χ0v) is 24.0. The van der Waals surface area contributed by atoms with Crippen LogP contribution < -0.4 is 0 Å². The Morgan fingerprint density at radius 1 is 0.771 bits per heavy atom. The monoisotopic (exact) mass is 594 g/mol. The van der Waals surface area contributed by atoms with E-state index in [0.29, 0.717) is 29.0 Å². The van der Waals surface area contributed by atoms with E-state index in [0.717, 1.165) is 12.8 Å². The van der Waals surface area contributed by atoms with Crippen LogP contribution in [0.15, 0.2) is 0 Å². The molecule has 0 saturated carbocycles. The van der Waals surface area contributed by atoms with Crippen molar-refractivity contribution in [1.82, 2.24) is 0 Å². The molecule has 0 fully saturated rings. The average Bonchev–Trinajstić information content (AvgIpc) is 2.85. The molecule has 35 heavy (non-hydrogen) atoms. The van der Waals surface area contributed by atoms with Crippen LogP contribution in [0.3, 0.4) is 0 Å². The zero-order chi connectivity index (χ0) is 28.2. The maximum atomic E-state index is 11.6. The van der Waals surface area contributed by atoms with E-state index in [9.17, 15) is 4.79 Å². The average molecular weight is 594 g/mol. The van der Waals surface area contributed by atoms with Crippen LogP contribution >= 0.6 is 0 Å². The minimum absolute atomic E-state index is 0. The molecular weight excluding hydrogens is 562 g/mol. The van der Waals surface area contributed by atoms with Crippen LogP contribution in [-0.4, -0.2) is 20.2 Å². The van der Waals surface area contributed by atoms with Gasteiger partial charge in [-0.1, -0.05) is 54.4 Å². The molecule has 0 spiro atoms. The summed E-state index contributed by atoms with van der Waals surface area (Å²) in [6, 6.07) is 0. The predicted octanol–water partition coefficient (Wildman–Crippen LogP) is 4.71. The first-order chi connectivity index (χ1) is 15.7. The normalized spacial score (nSPS) is 14.7. The molecule has 2 radical (unpaired) electrons. The number of carbonyl (C=O) groups excluding carboxylic acids is 1. The summed E-state index contributed by atoms with van der Waals surface area (Å²) in [4.78, 5) is 11.6. The molecule has 0 heterocycles. The van der Waals surface area contributed by atoms with Crippen molar-refractivity contribution in [2.24, 2.45) is 5.92 Å². The fraction of sp³-hybridized carbons (Fsp3) is 0.625. The number of rotatable bonds is 5. The molecule has 0 unspecified atom stereocenters. The van der Waals surface area contributed by atoms with E-state index in [-0.39, 0.29) is 45.4 Å². The van der Waals surface area contributed by atoms with E-state index in [1.807, 2.05) is 0 Å². The van der Waals surface area contributed by atoms with E-state index in [4.69, 9.17) is 32.3 Å². The van der Waals surface area contributed by atoms with Crippen LogP contribution in [0.4, 0.5) is 0 Å². The van der Waals surface area contributed by atoms with E-state index in [1.165, 1.54) is 0 Å². The van der Waals surface area contributed by atoms with Gasteiger partial charge in [-0.15, -0.1) is 0 Å². The molecule has 2 atom stereocenters. The SMILES string of the molecule is CC(C)[Si](O[C@H]1CCC(=O)C#CC[C@H]1C)(C(C)C)C(C)C.[C-]#[O+].[C-]#[O+].[C-]#[O+].[C-]#[O+].[C-]#[O+].[C-]#[O+].[Co].[Co]. The second-order valence-electron chi connectivity index (χ2n) is 7.42. The molecule has 0 N–H and O–H groups in total. The second-order valence-corrected chi connectivity index (χ2v) is 12.8. The van der Waals surface area contributed by atoms with Gasteiger partial charge in [0.2, 0.25) is 14.1 Å². The van der Waals surface area contributed by atoms with Gasteiger partial charge in [0, 0.05) is 52.5 Å². The van der Waals surface area contributed by atoms with Crippen LogP contribution in [0.2, 0.25) is 16.6 Å². The van der Waals surface area contributed by atoms with Crippen molar-refractivity contribution in [3.8, 4) is 11.8 Å². The number of hydrogen-bond acceptors (Lipinski definition) is 2. The molecule has 0 aromatic rings. The third-order valence-corrected chi connectivity index (χ3v) is 11.1. The maximum absolute atomic E-state index is 11.6. The van der Waals surface area contributed by atoms with Crippen molar-refractivity contribution in [3.05, 3.63) is 39.9 Å². The van der Waals surface area contributed by atoms with Gasteiger partial charge in [-0.3, -0.25) is 4.79 Å². The minimum Gasteiger partial charge on any atom is 0 e. The summed E-state index contributed by atoms with van der Waals surface area (Å²) in [5.41, 5.74) is 1.74. The third-order valence-electron chi connectivity index (χ3n) is 5.01. The van der Waals surface area contributed by atoms with Crippen LogP contribution in [0, 0.1) is 57.7 Å². The Morgan fingerprint density at radius 2 is 1.09 bits per heavy atom. The molecule has 0 aliphatic heterocycles. The van der Waals surface area contributed by atoms with Gasteiger partial charge < -0.3 is 4.43 Å². The first kappa shape index (κ1) is 54.7. The van der Waals surface area contributed by atoms with Crippen molar-refractivity contribution in [1.29, 1.82) is 0 Å². The Balaban J connectivity index is -0.0000000757. The second kappa shape index (κ2) is 40.0. The molecule has 0 aromatic heterocycles. The topological polar surface area (TPSA) is 146 Å². The molecule has 8 nitrogen and oxygen atoms in total. The van der Waals surface area contributed by atoms with Gasteiger partial charge in [-0.05, 0) is 34.9 Å². The summed E-state index contributed by atoms with van der Waals surface area (Å²) in [6.45, 7) is 43.1. The van der Waals surface area contributed by atoms with Crippen molar-refractivity contribution in [3.63, 3.8) is 0 Å². The first-order valence-corrected chi connectivity index (χ1v) is 11.8. The van der Waals surface area contributed by atoms with Gasteiger partial charge in [-0.25, -0.2) is 0 Å². The van der Waals surface area contributed by atoms with Crippen molar-refractivity contribution < 1.29 is 70.7 Å². The van der Waals surface area contributed by atoms with Crippen molar-refractivity contribution >= 4 is 14.1 Å². The molecular formula is C24H32Co2O8Si. The van der Waals surface area contributed by atoms with Gasteiger partial charge in [-0.2, -0.15) is 0 Å². The summed E-state index contributed by atoms with van der Waals surface area (Å²) >= 11 is 0. The van der Waals surface area contributed by atoms with Gasteiger partial charge in [0.15, 0.2) is 0 Å². The fourth-order valence-corrected chi connectivity index (χ4v) is 9.60. The quantitative estimate of drug-likeness (QED) is 0.149. The van der Waals surface area contributed by atoms with E-state index >= 15 is 0 Å². The number of carbonyl (C=O) groups is 1. The van der Waals surface area contributed by atoms with E-state index in [1.54, 1.807) is 0 Å². The van der Waals surface area contributed by atoms with Crippen LogP contribution in [-0.2, 0) is 70.7 Å². The van der Waals surface area contributed by atoms with Gasteiger partial charge in [0.25, 0.3) is 0 Å². The third kappa shape index (κ3) is 23.0. The summed E-state index contributed by atoms with van der Waals surface area (Å²) < 4.78 is 51.9. The molecule has 11 heteroatoms. The Bertz CT molecular complexity index is 600. The van der Waals surface area contributed by atoms with E-state index < -0.39 is 8.32 Å². The van der Waals surface area contributed by atoms with Crippen molar-refractivity contribution in [2.75, 3.05) is 0 Å². The standard InChI is InChI=1S/C18H32O2Si.6CO.2Co/c1-13(2)21(14(3)4,15(5)6)20-18-12-11-17(19)10-8-9-16(18)7;6*1-2;;/h13-16,18H,9,11-12H2,1-7H3;;;;;;;;/t16-,18+;;;;;;;;/m1......../s1. The summed E-state index contributed by atoms with van der Waals surface area (Å²) in [6.07, 6.45) is 2.33. The molecule has 1 aliphatic rings.